The highest BCUT2D eigenvalue weighted by Crippen LogP contribution is 2.26. The van der Waals surface area contributed by atoms with Gasteiger partial charge in [-0.2, -0.15) is 0 Å². The van der Waals surface area contributed by atoms with Crippen LogP contribution in [0.15, 0.2) is 6.07 Å². The molecular formula is C17H32Cl2N2O2. The molecule has 0 saturated carbocycles. The Kier molecular flexibility index (Phi) is 17.0. The molecule has 0 bridgehead atoms. The van der Waals surface area contributed by atoms with Crippen molar-refractivity contribution in [1.82, 2.24) is 4.98 Å². The Labute approximate surface area is 151 Å². The van der Waals surface area contributed by atoms with Gasteiger partial charge in [-0.25, -0.2) is 9.78 Å². The summed E-state index contributed by atoms with van der Waals surface area (Å²) in [5.74, 6) is 0. The van der Waals surface area contributed by atoms with Gasteiger partial charge in [0.05, 0.1) is 5.69 Å². The molecular weight excluding hydrogens is 335 g/mol. The number of anilines is 1. The maximum Gasteiger partial charge on any atom is 0.412 e. The number of amides is 1. The van der Waals surface area contributed by atoms with Crippen LogP contribution in [0.2, 0.25) is 10.3 Å². The summed E-state index contributed by atoms with van der Waals surface area (Å²) < 4.78 is 5.11. The second kappa shape index (κ2) is 14.6. The molecule has 4 nitrogen and oxygen atoms in total. The molecule has 136 valence electrons. The number of pyridine rings is 1. The topological polar surface area (TPSA) is 51.2 Å². The van der Waals surface area contributed by atoms with E-state index >= 15 is 0 Å². The van der Waals surface area contributed by atoms with E-state index in [1.54, 1.807) is 33.8 Å². The monoisotopic (exact) mass is 366 g/mol. The van der Waals surface area contributed by atoms with E-state index in [1.165, 1.54) is 0 Å². The zero-order valence-corrected chi connectivity index (χ0v) is 17.6. The van der Waals surface area contributed by atoms with Gasteiger partial charge in [-0.05, 0) is 39.3 Å². The number of nitrogens with zero attached hydrogens (tertiary/aromatic N) is 1. The maximum atomic E-state index is 11.6. The minimum absolute atomic E-state index is 0.140. The number of aromatic nitrogens is 1. The predicted octanol–water partition coefficient (Wildman–Crippen LogP) is 7.12. The van der Waals surface area contributed by atoms with Crippen molar-refractivity contribution >= 4 is 35.0 Å². The largest absolute Gasteiger partial charge is 0.444 e. The van der Waals surface area contributed by atoms with Crippen molar-refractivity contribution in [3.63, 3.8) is 0 Å². The van der Waals surface area contributed by atoms with E-state index < -0.39 is 11.7 Å². The van der Waals surface area contributed by atoms with Gasteiger partial charge in [-0.15, -0.1) is 0 Å². The molecule has 1 aromatic heterocycles. The number of carbonyl (C=O) groups is 1. The van der Waals surface area contributed by atoms with Gasteiger partial charge < -0.3 is 4.74 Å². The molecule has 0 aliphatic carbocycles. The van der Waals surface area contributed by atoms with Crippen molar-refractivity contribution < 1.29 is 9.53 Å². The number of nitrogens with one attached hydrogen (secondary N) is 1. The van der Waals surface area contributed by atoms with Gasteiger partial charge in [0.1, 0.15) is 10.8 Å². The third-order valence-corrected chi connectivity index (χ3v) is 2.23. The molecule has 1 N–H and O–H groups in total. The molecule has 0 spiro atoms. The average Bonchev–Trinajstić information content (AvgIpc) is 2.47. The van der Waals surface area contributed by atoms with Crippen molar-refractivity contribution in [2.45, 2.75) is 74.8 Å². The highest BCUT2D eigenvalue weighted by Gasteiger charge is 2.18. The van der Waals surface area contributed by atoms with Crippen molar-refractivity contribution in [2.75, 3.05) is 5.32 Å². The molecule has 1 aromatic rings. The molecule has 0 aliphatic heterocycles. The quantitative estimate of drug-likeness (QED) is 0.538. The molecule has 6 heteroatoms. The fraction of sp³-hybridized carbons (Fsp3) is 0.647. The Morgan fingerprint density at radius 2 is 1.52 bits per heavy atom. The van der Waals surface area contributed by atoms with E-state index in [2.05, 4.69) is 10.3 Å². The molecule has 0 unspecified atom stereocenters. The lowest BCUT2D eigenvalue weighted by Gasteiger charge is -2.20. The number of ether oxygens (including phenoxy) is 1. The zero-order valence-electron chi connectivity index (χ0n) is 16.1. The molecule has 0 saturated heterocycles. The lowest BCUT2D eigenvalue weighted by Crippen LogP contribution is -2.27. The predicted molar refractivity (Wildman–Crippen MR) is 103 cm³/mol. The summed E-state index contributed by atoms with van der Waals surface area (Å²) in [6.45, 7) is 19.1. The van der Waals surface area contributed by atoms with E-state index in [9.17, 15) is 4.79 Å². The van der Waals surface area contributed by atoms with Gasteiger partial charge in [0, 0.05) is 0 Å². The Balaban J connectivity index is -0.000000595. The molecule has 0 aromatic carbocycles. The first-order valence-corrected chi connectivity index (χ1v) is 8.77. The molecule has 0 radical (unpaired) electrons. The standard InChI is InChI=1S/C11H14Cl2N2O2.3C2H6/c1-6-5-7(12)14-9(13)8(6)15-10(16)17-11(2,3)4;3*1-2/h5H,1-4H3,(H,15,16);3*1-2H3. The number of carbonyl (C=O) groups excluding carboxylic acids is 1. The molecule has 1 heterocycles. The van der Waals surface area contributed by atoms with Crippen molar-refractivity contribution in [3.05, 3.63) is 21.9 Å². The van der Waals surface area contributed by atoms with Crippen LogP contribution in [0.4, 0.5) is 10.5 Å². The minimum Gasteiger partial charge on any atom is -0.444 e. The second-order valence-electron chi connectivity index (χ2n) is 4.55. The lowest BCUT2D eigenvalue weighted by molar-refractivity contribution is 0.0635. The number of aryl methyl sites for hydroxylation is 1. The molecule has 1 rings (SSSR count). The van der Waals surface area contributed by atoms with Crippen LogP contribution in [0.5, 0.6) is 0 Å². The van der Waals surface area contributed by atoms with Crippen LogP contribution >= 0.6 is 23.2 Å². The molecule has 0 aliphatic rings. The smallest absolute Gasteiger partial charge is 0.412 e. The van der Waals surface area contributed by atoms with Gasteiger partial charge in [0.25, 0.3) is 0 Å². The van der Waals surface area contributed by atoms with Crippen LogP contribution in [0.1, 0.15) is 67.9 Å². The van der Waals surface area contributed by atoms with Crippen molar-refractivity contribution in [2.24, 2.45) is 0 Å². The van der Waals surface area contributed by atoms with Gasteiger partial charge in [0.15, 0.2) is 5.15 Å². The fourth-order valence-corrected chi connectivity index (χ4v) is 1.73. The first kappa shape index (κ1) is 26.9. The summed E-state index contributed by atoms with van der Waals surface area (Å²) in [5.41, 5.74) is 0.566. The Bertz CT molecular complexity index is 422. The van der Waals surface area contributed by atoms with Gasteiger partial charge in [-0.3, -0.25) is 5.32 Å². The third kappa shape index (κ3) is 13.2. The fourth-order valence-electron chi connectivity index (χ4n) is 1.15. The first-order chi connectivity index (χ1) is 10.7. The van der Waals surface area contributed by atoms with Crippen LogP contribution in [-0.4, -0.2) is 16.7 Å². The summed E-state index contributed by atoms with van der Waals surface area (Å²) >= 11 is 11.6. The van der Waals surface area contributed by atoms with Crippen LogP contribution in [0.25, 0.3) is 0 Å². The number of hydrogen-bond acceptors (Lipinski definition) is 3. The minimum atomic E-state index is -0.577. The first-order valence-electron chi connectivity index (χ1n) is 8.01. The maximum absolute atomic E-state index is 11.6. The van der Waals surface area contributed by atoms with Crippen molar-refractivity contribution in [3.8, 4) is 0 Å². The lowest BCUT2D eigenvalue weighted by atomic mass is 10.2. The SMILES string of the molecule is CC.CC.CC.Cc1cc(Cl)nc(Cl)c1NC(=O)OC(C)(C)C. The van der Waals surface area contributed by atoms with Gasteiger partial charge >= 0.3 is 6.09 Å². The average molecular weight is 367 g/mol. The summed E-state index contributed by atoms with van der Waals surface area (Å²) in [6, 6.07) is 1.61. The molecule has 0 fully saturated rings. The zero-order chi connectivity index (χ0) is 19.2. The summed E-state index contributed by atoms with van der Waals surface area (Å²) in [7, 11) is 0. The van der Waals surface area contributed by atoms with Gasteiger partial charge in [0.2, 0.25) is 0 Å². The third-order valence-electron chi connectivity index (χ3n) is 1.77. The Morgan fingerprint density at radius 3 is 1.87 bits per heavy atom. The normalized spacial score (nSPS) is 9.04. The van der Waals surface area contributed by atoms with Crippen LogP contribution in [0.3, 0.4) is 0 Å². The molecule has 23 heavy (non-hydrogen) atoms. The van der Waals surface area contributed by atoms with Gasteiger partial charge in [-0.1, -0.05) is 64.7 Å². The Morgan fingerprint density at radius 1 is 1.09 bits per heavy atom. The summed E-state index contributed by atoms with van der Waals surface area (Å²) in [5, 5.41) is 2.97. The van der Waals surface area contributed by atoms with Crippen LogP contribution < -0.4 is 5.32 Å². The van der Waals surface area contributed by atoms with Crippen LogP contribution in [-0.2, 0) is 4.74 Å². The Hall–Kier alpha value is -1.00. The van der Waals surface area contributed by atoms with Crippen LogP contribution in [0, 0.1) is 6.92 Å². The molecule has 1 amide bonds. The van der Waals surface area contributed by atoms with E-state index in [-0.39, 0.29) is 10.3 Å². The highest BCUT2D eigenvalue weighted by atomic mass is 35.5. The number of rotatable bonds is 1. The summed E-state index contributed by atoms with van der Waals surface area (Å²) in [6.07, 6.45) is -0.577. The summed E-state index contributed by atoms with van der Waals surface area (Å²) in [4.78, 5) is 15.4. The molecule has 0 atom stereocenters. The highest BCUT2D eigenvalue weighted by molar-refractivity contribution is 6.34. The van der Waals surface area contributed by atoms with E-state index in [4.69, 9.17) is 27.9 Å². The van der Waals surface area contributed by atoms with E-state index in [0.29, 0.717) is 5.69 Å². The number of halogens is 2. The van der Waals surface area contributed by atoms with E-state index in [0.717, 1.165) is 5.56 Å². The second-order valence-corrected chi connectivity index (χ2v) is 5.30. The number of hydrogen-bond donors (Lipinski definition) is 1. The van der Waals surface area contributed by atoms with Crippen molar-refractivity contribution in [1.29, 1.82) is 0 Å². The van der Waals surface area contributed by atoms with E-state index in [1.807, 2.05) is 41.5 Å².